The number of fused-ring (bicyclic) bond motifs is 1. The summed E-state index contributed by atoms with van der Waals surface area (Å²) < 4.78 is 3.00. The lowest BCUT2D eigenvalue weighted by Crippen LogP contribution is -2.11. The molecule has 0 radical (unpaired) electrons. The van der Waals surface area contributed by atoms with E-state index in [0.717, 1.165) is 5.69 Å². The fourth-order valence-electron chi connectivity index (χ4n) is 1.62. The molecule has 0 aliphatic rings. The van der Waals surface area contributed by atoms with E-state index < -0.39 is 5.91 Å². The number of carbonyl (C=O) groups is 1. The number of amides is 1. The van der Waals surface area contributed by atoms with Gasteiger partial charge in [0.2, 0.25) is 0 Å². The molecule has 0 aromatic carbocycles. The van der Waals surface area contributed by atoms with E-state index >= 15 is 0 Å². The molecule has 0 atom stereocenters. The second-order valence-electron chi connectivity index (χ2n) is 3.78. The average Bonchev–Trinajstić information content (AvgIpc) is 2.93. The lowest BCUT2D eigenvalue weighted by molar-refractivity contribution is 0.100. The van der Waals surface area contributed by atoms with Crippen LogP contribution < -0.4 is 5.73 Å². The van der Waals surface area contributed by atoms with Crippen molar-refractivity contribution < 1.29 is 4.79 Å². The Kier molecular flexibility index (Phi) is 2.09. The van der Waals surface area contributed by atoms with Crippen molar-refractivity contribution in [2.75, 3.05) is 0 Å². The van der Waals surface area contributed by atoms with Crippen LogP contribution in [0.15, 0.2) is 24.7 Å². The summed E-state index contributed by atoms with van der Waals surface area (Å²) in [5.74, 6) is -0.0180. The van der Waals surface area contributed by atoms with E-state index in [-0.39, 0.29) is 5.56 Å². The van der Waals surface area contributed by atoms with Crippen LogP contribution >= 0.6 is 0 Å². The lowest BCUT2D eigenvalue weighted by atomic mass is 10.3. The Morgan fingerprint density at radius 1 is 1.44 bits per heavy atom. The van der Waals surface area contributed by atoms with Gasteiger partial charge in [0.1, 0.15) is 5.56 Å². The highest BCUT2D eigenvalue weighted by Crippen LogP contribution is 2.10. The van der Waals surface area contributed by atoms with Crippen LogP contribution in [0.25, 0.3) is 11.5 Å². The van der Waals surface area contributed by atoms with Crippen molar-refractivity contribution in [2.45, 2.75) is 6.92 Å². The highest BCUT2D eigenvalue weighted by molar-refractivity contribution is 5.98. The zero-order valence-corrected chi connectivity index (χ0v) is 9.48. The summed E-state index contributed by atoms with van der Waals surface area (Å²) in [6, 6.07) is 1.72. The topological polar surface area (TPSA) is 104 Å². The summed E-state index contributed by atoms with van der Waals surface area (Å²) in [4.78, 5) is 15.5. The van der Waals surface area contributed by atoms with Gasteiger partial charge in [-0.2, -0.15) is 5.10 Å². The minimum atomic E-state index is -0.565. The molecule has 0 saturated carbocycles. The number of nitrogens with zero attached hydrogens (tertiary/aromatic N) is 6. The number of aryl methyl sites for hydroxylation is 1. The van der Waals surface area contributed by atoms with E-state index in [1.165, 1.54) is 15.4 Å². The highest BCUT2D eigenvalue weighted by atomic mass is 16.1. The number of rotatable bonds is 2. The molecule has 8 heteroatoms. The Morgan fingerprint density at radius 3 is 2.94 bits per heavy atom. The third-order valence-electron chi connectivity index (χ3n) is 2.46. The van der Waals surface area contributed by atoms with E-state index in [9.17, 15) is 4.79 Å². The number of primary amides is 1. The molecule has 0 saturated heterocycles. The highest BCUT2D eigenvalue weighted by Gasteiger charge is 2.12. The maximum Gasteiger partial charge on any atom is 0.254 e. The number of hydrogen-bond donors (Lipinski definition) is 1. The SMILES string of the molecule is Cc1cn(-c2ccn3ncc(C(N)=O)c3n2)nn1. The Labute approximate surface area is 101 Å². The normalized spacial score (nSPS) is 10.9. The summed E-state index contributed by atoms with van der Waals surface area (Å²) in [5, 5.41) is 11.8. The molecule has 3 aromatic rings. The molecule has 3 rings (SSSR count). The number of hydrogen-bond acceptors (Lipinski definition) is 5. The molecule has 1 amide bonds. The predicted octanol–water partition coefficient (Wildman–Crippen LogP) is -0.283. The van der Waals surface area contributed by atoms with Crippen LogP contribution in [0, 0.1) is 6.92 Å². The van der Waals surface area contributed by atoms with Gasteiger partial charge in [0.25, 0.3) is 5.91 Å². The molecule has 3 aromatic heterocycles. The molecular formula is C10H9N7O. The smallest absolute Gasteiger partial charge is 0.254 e. The van der Waals surface area contributed by atoms with Crippen molar-refractivity contribution >= 4 is 11.6 Å². The molecule has 0 aliphatic carbocycles. The number of carbonyl (C=O) groups excluding carboxylic acids is 1. The van der Waals surface area contributed by atoms with Crippen molar-refractivity contribution in [3.8, 4) is 5.82 Å². The van der Waals surface area contributed by atoms with Crippen molar-refractivity contribution in [1.82, 2.24) is 29.6 Å². The minimum Gasteiger partial charge on any atom is -0.365 e. The first-order valence-corrected chi connectivity index (χ1v) is 5.18. The van der Waals surface area contributed by atoms with Crippen LogP contribution in [0.1, 0.15) is 16.1 Å². The Bertz CT molecular complexity index is 742. The van der Waals surface area contributed by atoms with Crippen molar-refractivity contribution in [3.05, 3.63) is 35.9 Å². The standard InChI is InChI=1S/C10H9N7O/c1-6-5-17(15-14-6)8-2-3-16-10(13-8)7(4-12-16)9(11)18/h2-5H,1H3,(H2,11,18). The second kappa shape index (κ2) is 3.62. The van der Waals surface area contributed by atoms with Crippen molar-refractivity contribution in [3.63, 3.8) is 0 Å². The van der Waals surface area contributed by atoms with Gasteiger partial charge in [0.05, 0.1) is 18.1 Å². The fourth-order valence-corrected chi connectivity index (χ4v) is 1.62. The van der Waals surface area contributed by atoms with Gasteiger partial charge < -0.3 is 5.73 Å². The van der Waals surface area contributed by atoms with Crippen LogP contribution in [0.5, 0.6) is 0 Å². The van der Waals surface area contributed by atoms with Crippen LogP contribution in [0.4, 0.5) is 0 Å². The molecule has 0 bridgehead atoms. The van der Waals surface area contributed by atoms with Gasteiger partial charge in [-0.05, 0) is 6.92 Å². The zero-order valence-electron chi connectivity index (χ0n) is 9.48. The van der Waals surface area contributed by atoms with E-state index in [4.69, 9.17) is 5.73 Å². The maximum absolute atomic E-state index is 11.2. The first-order chi connectivity index (χ1) is 8.65. The summed E-state index contributed by atoms with van der Waals surface area (Å²) in [7, 11) is 0. The van der Waals surface area contributed by atoms with Gasteiger partial charge in [0, 0.05) is 12.3 Å². The number of nitrogens with two attached hydrogens (primary N) is 1. The summed E-state index contributed by atoms with van der Waals surface area (Å²) in [6.45, 7) is 1.83. The van der Waals surface area contributed by atoms with E-state index in [0.29, 0.717) is 11.5 Å². The van der Waals surface area contributed by atoms with Gasteiger partial charge in [-0.15, -0.1) is 5.10 Å². The molecule has 18 heavy (non-hydrogen) atoms. The molecular weight excluding hydrogens is 234 g/mol. The molecule has 90 valence electrons. The molecule has 0 aliphatic heterocycles. The van der Waals surface area contributed by atoms with E-state index in [1.807, 2.05) is 6.92 Å². The van der Waals surface area contributed by atoms with Gasteiger partial charge in [-0.3, -0.25) is 4.79 Å². The Balaban J connectivity index is 2.20. The second-order valence-corrected chi connectivity index (χ2v) is 3.78. The molecule has 0 spiro atoms. The molecule has 2 N–H and O–H groups in total. The van der Waals surface area contributed by atoms with Gasteiger partial charge in [0.15, 0.2) is 11.5 Å². The largest absolute Gasteiger partial charge is 0.365 e. The summed E-state index contributed by atoms with van der Waals surface area (Å²) in [6.07, 6.45) is 4.81. The van der Waals surface area contributed by atoms with Crippen molar-refractivity contribution in [2.24, 2.45) is 5.73 Å². The minimum absolute atomic E-state index is 0.272. The average molecular weight is 243 g/mol. The maximum atomic E-state index is 11.2. The van der Waals surface area contributed by atoms with Gasteiger partial charge in [-0.1, -0.05) is 5.21 Å². The summed E-state index contributed by atoms with van der Waals surface area (Å²) >= 11 is 0. The van der Waals surface area contributed by atoms with Gasteiger partial charge in [-0.25, -0.2) is 14.2 Å². The van der Waals surface area contributed by atoms with Crippen molar-refractivity contribution in [1.29, 1.82) is 0 Å². The molecule has 0 fully saturated rings. The van der Waals surface area contributed by atoms with Crippen LogP contribution in [0.2, 0.25) is 0 Å². The lowest BCUT2D eigenvalue weighted by Gasteiger charge is -2.00. The zero-order chi connectivity index (χ0) is 12.7. The van der Waals surface area contributed by atoms with Crippen LogP contribution in [-0.4, -0.2) is 35.5 Å². The summed E-state index contributed by atoms with van der Waals surface area (Å²) in [5.41, 5.74) is 6.70. The third-order valence-corrected chi connectivity index (χ3v) is 2.46. The quantitative estimate of drug-likeness (QED) is 0.666. The third kappa shape index (κ3) is 1.51. The first kappa shape index (κ1) is 10.4. The van der Waals surface area contributed by atoms with E-state index in [2.05, 4.69) is 20.4 Å². The Morgan fingerprint density at radius 2 is 2.28 bits per heavy atom. The van der Waals surface area contributed by atoms with Gasteiger partial charge >= 0.3 is 0 Å². The predicted molar refractivity (Wildman–Crippen MR) is 61.2 cm³/mol. The number of aromatic nitrogens is 6. The molecule has 3 heterocycles. The Hall–Kier alpha value is -2.77. The molecule has 8 nitrogen and oxygen atoms in total. The monoisotopic (exact) mass is 243 g/mol. The van der Waals surface area contributed by atoms with E-state index in [1.54, 1.807) is 18.5 Å². The fraction of sp³-hybridized carbons (Fsp3) is 0.100. The van der Waals surface area contributed by atoms with Crippen LogP contribution in [-0.2, 0) is 0 Å². The molecule has 0 unspecified atom stereocenters. The van der Waals surface area contributed by atoms with Crippen LogP contribution in [0.3, 0.4) is 0 Å². The first-order valence-electron chi connectivity index (χ1n) is 5.18.